The molecule has 3 heterocycles. The van der Waals surface area contributed by atoms with Gasteiger partial charge in [0.25, 0.3) is 0 Å². The first-order chi connectivity index (χ1) is 18.0. The molecule has 2 unspecified atom stereocenters. The minimum atomic E-state index is -0.930. The van der Waals surface area contributed by atoms with Gasteiger partial charge in [0, 0.05) is 36.3 Å². The molecule has 0 spiro atoms. The fourth-order valence-corrected chi connectivity index (χ4v) is 5.65. The Morgan fingerprint density at radius 3 is 2.89 bits per heavy atom. The molecule has 6 nitrogen and oxygen atoms in total. The Labute approximate surface area is 223 Å². The quantitative estimate of drug-likeness (QED) is 0.499. The molecule has 0 bridgehead atoms. The van der Waals surface area contributed by atoms with Crippen molar-refractivity contribution < 1.29 is 14.6 Å². The van der Waals surface area contributed by atoms with Gasteiger partial charge in [-0.05, 0) is 85.2 Å². The zero-order valence-corrected chi connectivity index (χ0v) is 22.0. The Hall–Kier alpha value is -3.06. The van der Waals surface area contributed by atoms with Crippen molar-refractivity contribution in [3.05, 3.63) is 94.2 Å². The zero-order valence-electron chi connectivity index (χ0n) is 21.2. The maximum Gasteiger partial charge on any atom is 0.335 e. The molecule has 2 atom stereocenters. The number of nitrogens with zero attached hydrogens (tertiary/aromatic N) is 2. The number of likely N-dealkylation sites (tertiary alicyclic amines) is 1. The van der Waals surface area contributed by atoms with Gasteiger partial charge >= 0.3 is 5.97 Å². The molecule has 3 aliphatic rings. The molecule has 0 aromatic heterocycles. The van der Waals surface area contributed by atoms with Crippen molar-refractivity contribution in [2.45, 2.75) is 38.4 Å². The van der Waals surface area contributed by atoms with E-state index in [9.17, 15) is 9.90 Å². The number of hydrogen-bond acceptors (Lipinski definition) is 5. The number of hydrogen-bond donors (Lipinski definition) is 2. The summed E-state index contributed by atoms with van der Waals surface area (Å²) in [7, 11) is 0. The normalized spacial score (nSPS) is 22.1. The second kappa shape index (κ2) is 11.5. The van der Waals surface area contributed by atoms with E-state index in [4.69, 9.17) is 16.3 Å². The number of carboxylic acid groups (broad SMARTS) is 1. The van der Waals surface area contributed by atoms with E-state index in [2.05, 4.69) is 46.3 Å². The molecule has 1 saturated heterocycles. The Kier molecular flexibility index (Phi) is 7.99. The van der Waals surface area contributed by atoms with E-state index in [1.165, 1.54) is 12.0 Å². The average Bonchev–Trinajstić information content (AvgIpc) is 3.32. The number of carboxylic acids is 1. The lowest BCUT2D eigenvalue weighted by Gasteiger charge is -2.28. The molecule has 2 aromatic carbocycles. The van der Waals surface area contributed by atoms with E-state index >= 15 is 0 Å². The Balaban J connectivity index is 1.28. The summed E-state index contributed by atoms with van der Waals surface area (Å²) in [6.45, 7) is 7.80. The monoisotopic (exact) mass is 519 g/mol. The number of benzene rings is 2. The lowest BCUT2D eigenvalue weighted by Crippen LogP contribution is -2.37. The van der Waals surface area contributed by atoms with E-state index in [0.717, 1.165) is 66.6 Å². The summed E-state index contributed by atoms with van der Waals surface area (Å²) in [5, 5.41) is 13.7. The second-order valence-electron chi connectivity index (χ2n) is 9.87. The highest BCUT2D eigenvalue weighted by atomic mass is 35.5. The zero-order chi connectivity index (χ0) is 25.8. The van der Waals surface area contributed by atoms with E-state index in [0.29, 0.717) is 12.6 Å². The van der Waals surface area contributed by atoms with Gasteiger partial charge in [-0.3, -0.25) is 4.90 Å². The number of fused-ring (bicyclic) bond motifs is 2. The molecule has 3 aliphatic heterocycles. The summed E-state index contributed by atoms with van der Waals surface area (Å²) < 4.78 is 6.08. The summed E-state index contributed by atoms with van der Waals surface area (Å²) in [6, 6.07) is 13.9. The summed E-state index contributed by atoms with van der Waals surface area (Å²) in [5.41, 5.74) is 4.62. The van der Waals surface area contributed by atoms with Crippen LogP contribution in [0.3, 0.4) is 0 Å². The third kappa shape index (κ3) is 5.93. The molecule has 5 rings (SSSR count). The summed E-state index contributed by atoms with van der Waals surface area (Å²) in [5.74, 6) is -0.198. The summed E-state index contributed by atoms with van der Waals surface area (Å²) >= 11 is 6.06. The van der Waals surface area contributed by atoms with Crippen molar-refractivity contribution in [3.63, 3.8) is 0 Å². The third-order valence-corrected chi connectivity index (χ3v) is 7.79. The number of rotatable bonds is 8. The van der Waals surface area contributed by atoms with Crippen molar-refractivity contribution in [3.8, 4) is 5.75 Å². The molecular weight excluding hydrogens is 486 g/mol. The van der Waals surface area contributed by atoms with Gasteiger partial charge in [0.1, 0.15) is 12.4 Å². The first-order valence-electron chi connectivity index (χ1n) is 13.1. The number of likely N-dealkylation sites (N-methyl/N-ethyl adjacent to an activating group) is 1. The van der Waals surface area contributed by atoms with E-state index in [1.54, 1.807) is 18.2 Å². The van der Waals surface area contributed by atoms with Crippen LogP contribution < -0.4 is 10.1 Å². The smallest absolute Gasteiger partial charge is 0.335 e. The molecule has 37 heavy (non-hydrogen) atoms. The molecule has 0 aliphatic carbocycles. The fraction of sp³-hybridized carbons (Fsp3) is 0.367. The minimum absolute atomic E-state index is 0.0408. The lowest BCUT2D eigenvalue weighted by molar-refractivity contribution is 0.0697. The van der Waals surface area contributed by atoms with Gasteiger partial charge in [0.05, 0.1) is 11.6 Å². The highest BCUT2D eigenvalue weighted by Crippen LogP contribution is 2.38. The number of nitrogens with one attached hydrogen (secondary N) is 1. The number of allylic oxidation sites excluding steroid dienone is 2. The van der Waals surface area contributed by atoms with Gasteiger partial charge in [-0.2, -0.15) is 0 Å². The van der Waals surface area contributed by atoms with Crippen LogP contribution in [0.4, 0.5) is 0 Å². The average molecular weight is 520 g/mol. The largest absolute Gasteiger partial charge is 0.490 e. The van der Waals surface area contributed by atoms with Crippen LogP contribution in [-0.2, 0) is 6.54 Å². The van der Waals surface area contributed by atoms with Crippen molar-refractivity contribution in [1.82, 2.24) is 15.1 Å². The van der Waals surface area contributed by atoms with Crippen LogP contribution in [0.5, 0.6) is 5.75 Å². The lowest BCUT2D eigenvalue weighted by atomic mass is 9.90. The second-order valence-corrected chi connectivity index (χ2v) is 10.3. The Morgan fingerprint density at radius 2 is 2.11 bits per heavy atom. The maximum atomic E-state index is 11.7. The van der Waals surface area contributed by atoms with Crippen molar-refractivity contribution in [2.75, 3.05) is 32.8 Å². The molecule has 0 amide bonds. The molecule has 2 N–H and O–H groups in total. The molecular formula is C30H34ClN3O3. The summed E-state index contributed by atoms with van der Waals surface area (Å²) in [4.78, 5) is 16.8. The van der Waals surface area contributed by atoms with Crippen molar-refractivity contribution in [1.29, 1.82) is 0 Å². The van der Waals surface area contributed by atoms with Crippen LogP contribution in [0.1, 0.15) is 41.3 Å². The van der Waals surface area contributed by atoms with Gasteiger partial charge in [0.15, 0.2) is 0 Å². The number of halogens is 1. The van der Waals surface area contributed by atoms with Gasteiger partial charge < -0.3 is 20.1 Å². The summed E-state index contributed by atoms with van der Waals surface area (Å²) in [6.07, 6.45) is 10.4. The maximum absolute atomic E-state index is 11.7. The molecule has 7 heteroatoms. The van der Waals surface area contributed by atoms with E-state index in [1.807, 2.05) is 24.4 Å². The van der Waals surface area contributed by atoms with Gasteiger partial charge in [-0.25, -0.2) is 4.79 Å². The van der Waals surface area contributed by atoms with E-state index in [-0.39, 0.29) is 11.6 Å². The molecule has 194 valence electrons. The first kappa shape index (κ1) is 25.6. The van der Waals surface area contributed by atoms with Crippen molar-refractivity contribution in [2.24, 2.45) is 0 Å². The number of dihydropyridines is 1. The van der Waals surface area contributed by atoms with Gasteiger partial charge in [-0.15, -0.1) is 0 Å². The number of aromatic carboxylic acids is 1. The van der Waals surface area contributed by atoms with Crippen LogP contribution in [0, 0.1) is 0 Å². The van der Waals surface area contributed by atoms with Crippen LogP contribution in [0.15, 0.2) is 72.5 Å². The van der Waals surface area contributed by atoms with Crippen LogP contribution >= 0.6 is 11.6 Å². The predicted molar refractivity (Wildman–Crippen MR) is 148 cm³/mol. The predicted octanol–water partition coefficient (Wildman–Crippen LogP) is 5.21. The standard InChI is InChI=1S/C30H34ClN3O3/c1-2-34(18-21-7-10-23(31)11-8-21)24-13-16-33(19-24)15-4-6-25-26-5-3-14-32-28(26)20-37-29-12-9-22(30(35)36)17-27(25)29/h3,5-12,14,17,24,28,32H,2,4,13,15-16,18-20H2,1H3,(H,35,36)/b25-6-. The molecule has 0 saturated carbocycles. The Morgan fingerprint density at radius 1 is 1.27 bits per heavy atom. The van der Waals surface area contributed by atoms with Gasteiger partial charge in [-0.1, -0.05) is 42.8 Å². The molecule has 2 aromatic rings. The minimum Gasteiger partial charge on any atom is -0.490 e. The Bertz CT molecular complexity index is 1220. The van der Waals surface area contributed by atoms with Crippen molar-refractivity contribution >= 4 is 23.1 Å². The first-order valence-corrected chi connectivity index (χ1v) is 13.4. The number of ether oxygens (including phenoxy) is 1. The fourth-order valence-electron chi connectivity index (χ4n) is 5.53. The van der Waals surface area contributed by atoms with Crippen LogP contribution in [0.25, 0.3) is 5.57 Å². The highest BCUT2D eigenvalue weighted by Gasteiger charge is 2.29. The molecule has 1 fully saturated rings. The van der Waals surface area contributed by atoms with Crippen LogP contribution in [0.2, 0.25) is 5.02 Å². The topological polar surface area (TPSA) is 65.0 Å². The number of carbonyl (C=O) groups is 1. The van der Waals surface area contributed by atoms with Gasteiger partial charge in [0.2, 0.25) is 0 Å². The SMILES string of the molecule is CCN(Cc1ccc(Cl)cc1)C1CCN(CC/C=C2/C3=CC=CNC3COc3ccc(C(=O)O)cc32)C1. The van der Waals surface area contributed by atoms with E-state index < -0.39 is 5.97 Å². The van der Waals surface area contributed by atoms with Crippen LogP contribution in [-0.4, -0.2) is 65.7 Å². The third-order valence-electron chi connectivity index (χ3n) is 7.54. The highest BCUT2D eigenvalue weighted by molar-refractivity contribution is 6.30. The molecule has 0 radical (unpaired) electrons.